The summed E-state index contributed by atoms with van der Waals surface area (Å²) >= 11 is 0. The largest absolute Gasteiger partial charge is 0.304 e. The lowest BCUT2D eigenvalue weighted by Crippen LogP contribution is -2.33. The van der Waals surface area contributed by atoms with Crippen molar-refractivity contribution in [2.24, 2.45) is 0 Å². The van der Waals surface area contributed by atoms with Crippen LogP contribution in [0, 0.1) is 5.82 Å². The fourth-order valence-corrected chi connectivity index (χ4v) is 4.95. The van der Waals surface area contributed by atoms with Crippen LogP contribution in [0.15, 0.2) is 54.6 Å². The molecular weight excluding hydrogens is 441 g/mol. The molecule has 7 nitrogen and oxygen atoms in total. The van der Waals surface area contributed by atoms with Crippen LogP contribution in [0.25, 0.3) is 11.4 Å². The number of benzene rings is 2. The number of hydrogen-bond donors (Lipinski definition) is 2. The molecule has 0 saturated carbocycles. The van der Waals surface area contributed by atoms with Gasteiger partial charge >= 0.3 is 0 Å². The van der Waals surface area contributed by atoms with Crippen molar-refractivity contribution >= 4 is 10.0 Å². The highest BCUT2D eigenvalue weighted by molar-refractivity contribution is 7.89. The molecule has 0 unspecified atom stereocenters. The quantitative estimate of drug-likeness (QED) is 0.392. The Bertz CT molecular complexity index is 1080. The summed E-state index contributed by atoms with van der Waals surface area (Å²) in [7, 11) is -3.52. The van der Waals surface area contributed by atoms with E-state index in [1.165, 1.54) is 12.1 Å². The van der Waals surface area contributed by atoms with Crippen molar-refractivity contribution in [3.63, 3.8) is 0 Å². The minimum atomic E-state index is -3.52. The van der Waals surface area contributed by atoms with Crippen LogP contribution in [-0.4, -0.2) is 53.9 Å². The fourth-order valence-electron chi connectivity index (χ4n) is 3.66. The Morgan fingerprint density at radius 3 is 2.42 bits per heavy atom. The van der Waals surface area contributed by atoms with Gasteiger partial charge in [0, 0.05) is 5.56 Å². The minimum absolute atomic E-state index is 0.0459. The lowest BCUT2D eigenvalue weighted by atomic mass is 10.1. The average molecular weight is 474 g/mol. The summed E-state index contributed by atoms with van der Waals surface area (Å²) in [5, 5.41) is 7.11. The zero-order chi connectivity index (χ0) is 23.7. The van der Waals surface area contributed by atoms with Crippen LogP contribution in [0.1, 0.15) is 44.1 Å². The molecule has 0 aliphatic heterocycles. The molecule has 1 heterocycles. The third-order valence-corrected chi connectivity index (χ3v) is 7.07. The summed E-state index contributed by atoms with van der Waals surface area (Å²) in [5.41, 5.74) is 1.77. The van der Waals surface area contributed by atoms with Gasteiger partial charge in [0.05, 0.1) is 11.8 Å². The van der Waals surface area contributed by atoms with Crippen LogP contribution in [0.2, 0.25) is 0 Å². The monoisotopic (exact) mass is 473 g/mol. The van der Waals surface area contributed by atoms with E-state index in [-0.39, 0.29) is 11.6 Å². The third kappa shape index (κ3) is 7.73. The Kier molecular flexibility index (Phi) is 9.11. The zero-order valence-corrected chi connectivity index (χ0v) is 20.0. The molecule has 178 valence electrons. The van der Waals surface area contributed by atoms with Gasteiger partial charge in [-0.15, -0.1) is 0 Å². The molecule has 2 aromatic carbocycles. The molecule has 0 spiro atoms. The van der Waals surface area contributed by atoms with Crippen molar-refractivity contribution in [3.05, 3.63) is 71.8 Å². The predicted octanol–water partition coefficient (Wildman–Crippen LogP) is 3.94. The summed E-state index contributed by atoms with van der Waals surface area (Å²) in [6.45, 7) is 6.67. The highest BCUT2D eigenvalue weighted by atomic mass is 32.2. The van der Waals surface area contributed by atoms with Crippen LogP contribution in [0.4, 0.5) is 4.39 Å². The maximum atomic E-state index is 13.3. The molecule has 9 heteroatoms. The van der Waals surface area contributed by atoms with Gasteiger partial charge in [-0.1, -0.05) is 44.2 Å². The minimum Gasteiger partial charge on any atom is -0.304 e. The molecule has 0 aliphatic carbocycles. The van der Waals surface area contributed by atoms with Crippen molar-refractivity contribution in [2.75, 3.05) is 25.4 Å². The number of nitrogens with one attached hydrogen (secondary N) is 2. The van der Waals surface area contributed by atoms with Gasteiger partial charge in [-0.05, 0) is 68.7 Å². The van der Waals surface area contributed by atoms with Crippen LogP contribution in [-0.2, 0) is 16.4 Å². The normalized spacial score (nSPS) is 12.8. The molecule has 1 atom stereocenters. The average Bonchev–Trinajstić information content (AvgIpc) is 3.31. The number of sulfonamides is 1. The first kappa shape index (κ1) is 25.0. The van der Waals surface area contributed by atoms with E-state index < -0.39 is 16.1 Å². The molecule has 0 amide bonds. The fraction of sp³-hybridized carbons (Fsp3) is 0.417. The summed E-state index contributed by atoms with van der Waals surface area (Å²) in [4.78, 5) is 6.72. The first-order chi connectivity index (χ1) is 15.9. The van der Waals surface area contributed by atoms with Gasteiger partial charge in [-0.2, -0.15) is 5.10 Å². The Morgan fingerprint density at radius 2 is 1.76 bits per heavy atom. The van der Waals surface area contributed by atoms with Crippen LogP contribution in [0.5, 0.6) is 0 Å². The molecule has 0 aliphatic rings. The molecular formula is C24H32FN5O2S. The van der Waals surface area contributed by atoms with Gasteiger partial charge in [0.1, 0.15) is 11.6 Å². The van der Waals surface area contributed by atoms with Crippen molar-refractivity contribution in [2.45, 2.75) is 39.2 Å². The van der Waals surface area contributed by atoms with Crippen molar-refractivity contribution in [1.82, 2.24) is 24.8 Å². The summed E-state index contributed by atoms with van der Waals surface area (Å²) < 4.78 is 41.8. The number of halogens is 1. The predicted molar refractivity (Wildman–Crippen MR) is 129 cm³/mol. The van der Waals surface area contributed by atoms with E-state index in [2.05, 4.69) is 38.7 Å². The molecule has 33 heavy (non-hydrogen) atoms. The lowest BCUT2D eigenvalue weighted by Gasteiger charge is -2.19. The SMILES string of the molecule is CCN(CC)CCCS(=O)(=O)N[C@H](CCc1ccccc1)c1nc(-c2ccc(F)cc2)n[nH]1. The second-order valence-corrected chi connectivity index (χ2v) is 9.82. The number of aromatic amines is 1. The molecule has 0 saturated heterocycles. The van der Waals surface area contributed by atoms with Crippen LogP contribution < -0.4 is 4.72 Å². The summed E-state index contributed by atoms with van der Waals surface area (Å²) in [5.74, 6) is 0.547. The summed E-state index contributed by atoms with van der Waals surface area (Å²) in [6, 6.07) is 15.2. The van der Waals surface area contributed by atoms with Gasteiger partial charge in [0.2, 0.25) is 10.0 Å². The van der Waals surface area contributed by atoms with E-state index >= 15 is 0 Å². The molecule has 0 fully saturated rings. The number of rotatable bonds is 13. The highest BCUT2D eigenvalue weighted by Gasteiger charge is 2.23. The maximum absolute atomic E-state index is 13.3. The lowest BCUT2D eigenvalue weighted by molar-refractivity contribution is 0.304. The topological polar surface area (TPSA) is 91.0 Å². The Labute approximate surface area is 195 Å². The van der Waals surface area contributed by atoms with E-state index in [0.717, 1.165) is 25.2 Å². The molecule has 2 N–H and O–H groups in total. The number of nitrogens with zero attached hydrogens (tertiary/aromatic N) is 3. The standard InChI is InChI=1S/C24H32FN5O2S/c1-3-30(4-2)17-8-18-33(31,32)29-22(16-11-19-9-6-5-7-10-19)24-26-23(27-28-24)20-12-14-21(25)15-13-20/h5-7,9-10,12-15,22,29H,3-4,8,11,16-18H2,1-2H3,(H,26,27,28)/t22-/m1/s1. The van der Waals surface area contributed by atoms with Gasteiger partial charge in [0.15, 0.2) is 5.82 Å². The van der Waals surface area contributed by atoms with E-state index in [0.29, 0.717) is 36.5 Å². The van der Waals surface area contributed by atoms with E-state index in [1.807, 2.05) is 30.3 Å². The van der Waals surface area contributed by atoms with Gasteiger partial charge in [-0.3, -0.25) is 5.10 Å². The van der Waals surface area contributed by atoms with Crippen molar-refractivity contribution in [3.8, 4) is 11.4 Å². The van der Waals surface area contributed by atoms with Gasteiger partial charge in [0.25, 0.3) is 0 Å². The smallest absolute Gasteiger partial charge is 0.212 e. The highest BCUT2D eigenvalue weighted by Crippen LogP contribution is 2.21. The van der Waals surface area contributed by atoms with Crippen molar-refractivity contribution in [1.29, 1.82) is 0 Å². The molecule has 1 aromatic heterocycles. The number of aromatic nitrogens is 3. The Morgan fingerprint density at radius 1 is 1.06 bits per heavy atom. The second kappa shape index (κ2) is 12.0. The molecule has 3 rings (SSSR count). The number of H-pyrrole nitrogens is 1. The zero-order valence-electron chi connectivity index (χ0n) is 19.2. The van der Waals surface area contributed by atoms with E-state index in [9.17, 15) is 12.8 Å². The third-order valence-electron chi connectivity index (χ3n) is 5.60. The summed E-state index contributed by atoms with van der Waals surface area (Å²) in [6.07, 6.45) is 1.76. The maximum Gasteiger partial charge on any atom is 0.212 e. The number of hydrogen-bond acceptors (Lipinski definition) is 5. The Hall–Kier alpha value is -2.62. The second-order valence-electron chi connectivity index (χ2n) is 7.95. The molecule has 0 radical (unpaired) electrons. The van der Waals surface area contributed by atoms with Crippen LogP contribution in [0.3, 0.4) is 0 Å². The van der Waals surface area contributed by atoms with Gasteiger partial charge in [-0.25, -0.2) is 22.5 Å². The number of aryl methyl sites for hydroxylation is 1. The Balaban J connectivity index is 1.74. The molecule has 3 aromatic rings. The van der Waals surface area contributed by atoms with Gasteiger partial charge < -0.3 is 4.90 Å². The molecule has 0 bridgehead atoms. The van der Waals surface area contributed by atoms with Crippen molar-refractivity contribution < 1.29 is 12.8 Å². The van der Waals surface area contributed by atoms with Crippen LogP contribution >= 0.6 is 0 Å². The van der Waals surface area contributed by atoms with E-state index in [4.69, 9.17) is 0 Å². The van der Waals surface area contributed by atoms with E-state index in [1.54, 1.807) is 12.1 Å². The first-order valence-corrected chi connectivity index (χ1v) is 13.0. The first-order valence-electron chi connectivity index (χ1n) is 11.3.